The fourth-order valence-electron chi connectivity index (χ4n) is 3.29. The number of fused-ring (bicyclic) bond motifs is 1. The van der Waals surface area contributed by atoms with Crippen molar-refractivity contribution in [3.8, 4) is 0 Å². The van der Waals surface area contributed by atoms with Crippen molar-refractivity contribution in [1.29, 1.82) is 0 Å². The van der Waals surface area contributed by atoms with Crippen LogP contribution in [0.15, 0.2) is 70.1 Å². The number of amides is 1. The van der Waals surface area contributed by atoms with Crippen LogP contribution in [0.3, 0.4) is 0 Å². The Morgan fingerprint density at radius 2 is 1.79 bits per heavy atom. The molecule has 3 aromatic rings. The van der Waals surface area contributed by atoms with E-state index in [0.29, 0.717) is 22.7 Å². The molecule has 0 saturated carbocycles. The maximum atomic E-state index is 14.5. The first-order valence-corrected chi connectivity index (χ1v) is 9.04. The number of nitrogens with zero attached hydrogens (tertiary/aromatic N) is 2. The number of halogens is 1. The van der Waals surface area contributed by atoms with Gasteiger partial charge in [-0.3, -0.25) is 14.6 Å². The van der Waals surface area contributed by atoms with E-state index >= 15 is 0 Å². The molecule has 6 nitrogen and oxygen atoms in total. The summed E-state index contributed by atoms with van der Waals surface area (Å²) >= 11 is 0. The molecule has 4 rings (SSSR count). The minimum atomic E-state index is -1.21. The molecule has 0 fully saturated rings. The fourth-order valence-corrected chi connectivity index (χ4v) is 3.29. The van der Waals surface area contributed by atoms with Crippen molar-refractivity contribution in [3.63, 3.8) is 0 Å². The number of furan rings is 1. The highest BCUT2D eigenvalue weighted by molar-refractivity contribution is 6.20. The minimum absolute atomic E-state index is 0.0664. The average molecular weight is 391 g/mol. The van der Waals surface area contributed by atoms with Crippen molar-refractivity contribution in [2.24, 2.45) is 10.7 Å². The van der Waals surface area contributed by atoms with Gasteiger partial charge in [0.2, 0.25) is 0 Å². The first-order valence-electron chi connectivity index (χ1n) is 9.04. The van der Waals surface area contributed by atoms with E-state index in [0.717, 1.165) is 0 Å². The Morgan fingerprint density at radius 1 is 1.10 bits per heavy atom. The van der Waals surface area contributed by atoms with Crippen LogP contribution in [0.5, 0.6) is 0 Å². The van der Waals surface area contributed by atoms with Crippen LogP contribution in [0.1, 0.15) is 34.4 Å². The fraction of sp³-hybridized carbons (Fsp3) is 0.136. The number of ketones is 1. The molecule has 146 valence electrons. The lowest BCUT2D eigenvalue weighted by molar-refractivity contribution is -0.119. The van der Waals surface area contributed by atoms with Gasteiger partial charge in [0.25, 0.3) is 5.91 Å². The Bertz CT molecular complexity index is 1140. The van der Waals surface area contributed by atoms with Crippen molar-refractivity contribution >= 4 is 23.1 Å². The standard InChI is InChI=1S/C22H18FN3O3/c1-13(27)19-11-10-14(29-19)12-26-18-9-5-3-7-16(18)20(25-21(24)22(26)28)15-6-2-4-8-17(15)23/h2-11,21H,12,24H2,1H3. The summed E-state index contributed by atoms with van der Waals surface area (Å²) in [4.78, 5) is 30.3. The predicted molar refractivity (Wildman–Crippen MR) is 106 cm³/mol. The normalized spacial score (nSPS) is 16.2. The van der Waals surface area contributed by atoms with Crippen molar-refractivity contribution in [2.75, 3.05) is 4.90 Å². The molecule has 2 heterocycles. The Hall–Kier alpha value is -3.58. The van der Waals surface area contributed by atoms with Crippen LogP contribution in [0.2, 0.25) is 0 Å². The van der Waals surface area contributed by atoms with Gasteiger partial charge in [-0.15, -0.1) is 0 Å². The molecule has 2 aromatic carbocycles. The molecule has 0 bridgehead atoms. The lowest BCUT2D eigenvalue weighted by atomic mass is 9.99. The Morgan fingerprint density at radius 3 is 2.48 bits per heavy atom. The molecule has 0 radical (unpaired) electrons. The first-order chi connectivity index (χ1) is 14.0. The van der Waals surface area contributed by atoms with Gasteiger partial charge in [-0.2, -0.15) is 0 Å². The molecule has 2 N–H and O–H groups in total. The highest BCUT2D eigenvalue weighted by atomic mass is 19.1. The summed E-state index contributed by atoms with van der Waals surface area (Å²) in [6, 6.07) is 16.5. The number of Topliss-reactive ketones (excluding diaryl/α,β-unsaturated/α-hetero) is 1. The van der Waals surface area contributed by atoms with E-state index in [2.05, 4.69) is 4.99 Å². The van der Waals surface area contributed by atoms with Gasteiger partial charge in [0.1, 0.15) is 11.6 Å². The van der Waals surface area contributed by atoms with Gasteiger partial charge in [0, 0.05) is 18.1 Å². The molecule has 1 atom stereocenters. The molecule has 1 aromatic heterocycles. The molecule has 0 saturated heterocycles. The number of anilines is 1. The molecule has 1 amide bonds. The van der Waals surface area contributed by atoms with E-state index in [-0.39, 0.29) is 23.7 Å². The summed E-state index contributed by atoms with van der Waals surface area (Å²) in [5.74, 6) is -0.473. The Labute approximate surface area is 166 Å². The van der Waals surface area contributed by atoms with E-state index < -0.39 is 17.9 Å². The number of benzene rings is 2. The topological polar surface area (TPSA) is 88.9 Å². The quantitative estimate of drug-likeness (QED) is 0.691. The number of hydrogen-bond donors (Lipinski definition) is 1. The van der Waals surface area contributed by atoms with E-state index in [4.69, 9.17) is 10.2 Å². The largest absolute Gasteiger partial charge is 0.456 e. The molecule has 1 aliphatic rings. The number of carbonyl (C=O) groups excluding carboxylic acids is 2. The van der Waals surface area contributed by atoms with E-state index in [9.17, 15) is 14.0 Å². The maximum Gasteiger partial charge on any atom is 0.266 e. The smallest absolute Gasteiger partial charge is 0.266 e. The molecule has 1 unspecified atom stereocenters. The van der Waals surface area contributed by atoms with Crippen LogP contribution in [0.25, 0.3) is 0 Å². The predicted octanol–water partition coefficient (Wildman–Crippen LogP) is 3.29. The maximum absolute atomic E-state index is 14.5. The van der Waals surface area contributed by atoms with Gasteiger partial charge < -0.3 is 15.1 Å². The third kappa shape index (κ3) is 3.48. The Kier molecular flexibility index (Phi) is 4.82. The summed E-state index contributed by atoms with van der Waals surface area (Å²) in [6.07, 6.45) is -1.21. The second kappa shape index (κ2) is 7.44. The van der Waals surface area contributed by atoms with Crippen LogP contribution in [0, 0.1) is 5.82 Å². The summed E-state index contributed by atoms with van der Waals surface area (Å²) in [5, 5.41) is 0. The van der Waals surface area contributed by atoms with Gasteiger partial charge in [-0.05, 0) is 30.3 Å². The highest BCUT2D eigenvalue weighted by Crippen LogP contribution is 2.30. The van der Waals surface area contributed by atoms with Gasteiger partial charge >= 0.3 is 0 Å². The number of nitrogens with two attached hydrogens (primary N) is 1. The lowest BCUT2D eigenvalue weighted by Crippen LogP contribution is -2.41. The number of benzodiazepines with no additional fused rings is 1. The number of para-hydroxylation sites is 1. The second-order valence-electron chi connectivity index (χ2n) is 6.67. The number of rotatable bonds is 4. The number of hydrogen-bond acceptors (Lipinski definition) is 5. The Balaban J connectivity index is 1.81. The number of aliphatic imine (C=N–C) groups is 1. The molecule has 0 spiro atoms. The van der Waals surface area contributed by atoms with E-state index in [1.54, 1.807) is 54.6 Å². The second-order valence-corrected chi connectivity index (χ2v) is 6.67. The molecule has 7 heteroatoms. The summed E-state index contributed by atoms with van der Waals surface area (Å²) in [5.41, 5.74) is 7.74. The monoisotopic (exact) mass is 391 g/mol. The van der Waals surface area contributed by atoms with Gasteiger partial charge in [-0.1, -0.05) is 30.3 Å². The third-order valence-electron chi connectivity index (χ3n) is 4.69. The highest BCUT2D eigenvalue weighted by Gasteiger charge is 2.31. The van der Waals surface area contributed by atoms with Crippen molar-refractivity contribution in [3.05, 3.63) is 89.1 Å². The zero-order chi connectivity index (χ0) is 20.5. The van der Waals surface area contributed by atoms with Crippen LogP contribution >= 0.6 is 0 Å². The number of carbonyl (C=O) groups is 2. The molecule has 1 aliphatic heterocycles. The van der Waals surface area contributed by atoms with Crippen molar-refractivity contribution in [1.82, 2.24) is 0 Å². The van der Waals surface area contributed by atoms with Gasteiger partial charge in [0.15, 0.2) is 17.7 Å². The SMILES string of the molecule is CC(=O)c1ccc(CN2C(=O)C(N)N=C(c3ccccc3F)c3ccccc32)o1. The van der Waals surface area contributed by atoms with Crippen LogP contribution in [-0.4, -0.2) is 23.6 Å². The molecule has 29 heavy (non-hydrogen) atoms. The summed E-state index contributed by atoms with van der Waals surface area (Å²) in [7, 11) is 0. The van der Waals surface area contributed by atoms with Gasteiger partial charge in [-0.25, -0.2) is 4.39 Å². The van der Waals surface area contributed by atoms with E-state index in [1.165, 1.54) is 17.9 Å². The zero-order valence-corrected chi connectivity index (χ0v) is 15.6. The van der Waals surface area contributed by atoms with Crippen LogP contribution in [-0.2, 0) is 11.3 Å². The minimum Gasteiger partial charge on any atom is -0.456 e. The zero-order valence-electron chi connectivity index (χ0n) is 15.6. The van der Waals surface area contributed by atoms with Gasteiger partial charge in [0.05, 0.1) is 17.9 Å². The molecular weight excluding hydrogens is 373 g/mol. The lowest BCUT2D eigenvalue weighted by Gasteiger charge is -2.23. The first kappa shape index (κ1) is 18.8. The summed E-state index contributed by atoms with van der Waals surface area (Å²) in [6.45, 7) is 1.47. The van der Waals surface area contributed by atoms with E-state index in [1.807, 2.05) is 0 Å². The van der Waals surface area contributed by atoms with Crippen LogP contribution < -0.4 is 10.6 Å². The average Bonchev–Trinajstić information content (AvgIpc) is 3.16. The van der Waals surface area contributed by atoms with Crippen molar-refractivity contribution in [2.45, 2.75) is 19.6 Å². The summed E-state index contributed by atoms with van der Waals surface area (Å²) < 4.78 is 20.0. The molecule has 0 aliphatic carbocycles. The van der Waals surface area contributed by atoms with Crippen LogP contribution in [0.4, 0.5) is 10.1 Å². The molecular formula is C22H18FN3O3. The van der Waals surface area contributed by atoms with Crippen molar-refractivity contribution < 1.29 is 18.4 Å². The third-order valence-corrected chi connectivity index (χ3v) is 4.69.